The predicted octanol–water partition coefficient (Wildman–Crippen LogP) is 4.05. The summed E-state index contributed by atoms with van der Waals surface area (Å²) in [6.07, 6.45) is -0.981. The van der Waals surface area contributed by atoms with Crippen molar-refractivity contribution in [2.24, 2.45) is 0 Å². The number of rotatable bonds is 5. The molecule has 0 bridgehead atoms. The van der Waals surface area contributed by atoms with Gasteiger partial charge in [-0.1, -0.05) is 42.5 Å². The molecular weight excluding hydrogens is 311 g/mol. The highest BCUT2D eigenvalue weighted by molar-refractivity contribution is 5.78. The third kappa shape index (κ3) is 4.41. The molecule has 0 aliphatic heterocycles. The third-order valence-corrected chi connectivity index (χ3v) is 3.55. The Balaban J connectivity index is 2.13. The van der Waals surface area contributed by atoms with Crippen LogP contribution in [0.3, 0.4) is 0 Å². The van der Waals surface area contributed by atoms with Gasteiger partial charge in [-0.15, -0.1) is 0 Å². The van der Waals surface area contributed by atoms with Gasteiger partial charge in [-0.05, 0) is 24.1 Å². The van der Waals surface area contributed by atoms with Crippen LogP contribution in [0.1, 0.15) is 32.3 Å². The molecule has 0 heterocycles. The molecule has 126 valence electrons. The van der Waals surface area contributed by atoms with E-state index in [0.29, 0.717) is 11.1 Å². The van der Waals surface area contributed by atoms with Gasteiger partial charge in [0.25, 0.3) is 0 Å². The van der Waals surface area contributed by atoms with E-state index in [1.807, 2.05) is 30.3 Å². The van der Waals surface area contributed by atoms with Gasteiger partial charge >= 0.3 is 11.9 Å². The first-order valence-corrected chi connectivity index (χ1v) is 7.61. The van der Waals surface area contributed by atoms with Crippen molar-refractivity contribution >= 4 is 11.9 Å². The molecular formula is C19H19FO4. The molecule has 24 heavy (non-hydrogen) atoms. The zero-order chi connectivity index (χ0) is 17.7. The molecule has 0 radical (unpaired) electrons. The van der Waals surface area contributed by atoms with E-state index in [1.165, 1.54) is 19.9 Å². The second-order valence-corrected chi connectivity index (χ2v) is 5.44. The topological polar surface area (TPSA) is 52.6 Å². The maximum absolute atomic E-state index is 14.4. The second kappa shape index (κ2) is 7.73. The van der Waals surface area contributed by atoms with E-state index < -0.39 is 30.0 Å². The molecule has 0 aromatic heterocycles. The monoisotopic (exact) mass is 330 g/mol. The minimum atomic E-state index is -0.981. The molecule has 2 aromatic rings. The number of carbonyl (C=O) groups excluding carboxylic acids is 2. The lowest BCUT2D eigenvalue weighted by molar-refractivity contribution is -0.183. The Morgan fingerprint density at radius 1 is 1.00 bits per heavy atom. The number of ether oxygens (including phenoxy) is 2. The zero-order valence-corrected chi connectivity index (χ0v) is 13.8. The molecule has 0 saturated heterocycles. The fourth-order valence-corrected chi connectivity index (χ4v) is 2.31. The molecule has 0 aliphatic carbocycles. The minimum Gasteiger partial charge on any atom is -0.426 e. The highest BCUT2D eigenvalue weighted by Crippen LogP contribution is 2.26. The maximum atomic E-state index is 14.4. The average molecular weight is 330 g/mol. The van der Waals surface area contributed by atoms with Gasteiger partial charge in [0, 0.05) is 19.4 Å². The van der Waals surface area contributed by atoms with E-state index >= 15 is 0 Å². The normalized spacial score (nSPS) is 13.0. The van der Waals surface area contributed by atoms with Crippen LogP contribution >= 0.6 is 0 Å². The smallest absolute Gasteiger partial charge is 0.316 e. The molecule has 2 aromatic carbocycles. The van der Waals surface area contributed by atoms with E-state index in [4.69, 9.17) is 9.47 Å². The van der Waals surface area contributed by atoms with Crippen LogP contribution in [0.25, 0.3) is 11.1 Å². The fraction of sp³-hybridized carbons (Fsp3) is 0.263. The Bertz CT molecular complexity index is 727. The standard InChI is InChI=1S/C19H19FO4/c1-12(19(22)24-14(3)23-13(2)21)16-9-10-17(18(20)11-16)15-7-5-4-6-8-15/h4-12,14H,1-3H3/t12-,14?/m1/s1. The quantitative estimate of drug-likeness (QED) is 0.613. The van der Waals surface area contributed by atoms with Gasteiger partial charge in [0.1, 0.15) is 5.82 Å². The number of esters is 2. The van der Waals surface area contributed by atoms with Crippen molar-refractivity contribution in [2.75, 3.05) is 0 Å². The summed E-state index contributed by atoms with van der Waals surface area (Å²) in [7, 11) is 0. The van der Waals surface area contributed by atoms with Gasteiger partial charge in [-0.3, -0.25) is 9.59 Å². The summed E-state index contributed by atoms with van der Waals surface area (Å²) < 4.78 is 24.2. The van der Waals surface area contributed by atoms with E-state index in [2.05, 4.69) is 0 Å². The first-order valence-electron chi connectivity index (χ1n) is 7.61. The highest BCUT2D eigenvalue weighted by atomic mass is 19.1. The number of hydrogen-bond acceptors (Lipinski definition) is 4. The van der Waals surface area contributed by atoms with Gasteiger partial charge in [-0.25, -0.2) is 4.39 Å². The Labute approximate surface area is 140 Å². The van der Waals surface area contributed by atoms with Crippen LogP contribution in [-0.4, -0.2) is 18.2 Å². The van der Waals surface area contributed by atoms with Crippen LogP contribution in [0.15, 0.2) is 48.5 Å². The summed E-state index contributed by atoms with van der Waals surface area (Å²) in [5.74, 6) is -2.22. The van der Waals surface area contributed by atoms with Crippen LogP contribution in [0.4, 0.5) is 4.39 Å². The third-order valence-electron chi connectivity index (χ3n) is 3.55. The molecule has 5 heteroatoms. The summed E-state index contributed by atoms with van der Waals surface area (Å²) in [6.45, 7) is 4.29. The highest BCUT2D eigenvalue weighted by Gasteiger charge is 2.21. The van der Waals surface area contributed by atoms with Gasteiger partial charge in [0.05, 0.1) is 5.92 Å². The molecule has 4 nitrogen and oxygen atoms in total. The Kier molecular flexibility index (Phi) is 5.68. The second-order valence-electron chi connectivity index (χ2n) is 5.44. The van der Waals surface area contributed by atoms with Crippen molar-refractivity contribution in [2.45, 2.75) is 33.0 Å². The van der Waals surface area contributed by atoms with E-state index in [1.54, 1.807) is 19.1 Å². The summed E-state index contributed by atoms with van der Waals surface area (Å²) in [6, 6.07) is 13.8. The van der Waals surface area contributed by atoms with Gasteiger partial charge in [0.2, 0.25) is 6.29 Å². The summed E-state index contributed by atoms with van der Waals surface area (Å²) in [5.41, 5.74) is 1.72. The van der Waals surface area contributed by atoms with Gasteiger partial charge in [0.15, 0.2) is 0 Å². The van der Waals surface area contributed by atoms with Crippen LogP contribution in [0.2, 0.25) is 0 Å². The fourth-order valence-electron chi connectivity index (χ4n) is 2.31. The van der Waals surface area contributed by atoms with Crippen molar-refractivity contribution in [1.82, 2.24) is 0 Å². The molecule has 0 N–H and O–H groups in total. The summed E-state index contributed by atoms with van der Waals surface area (Å²) in [5, 5.41) is 0. The SMILES string of the molecule is CC(=O)OC(C)OC(=O)[C@H](C)c1ccc(-c2ccccc2)c(F)c1. The lowest BCUT2D eigenvalue weighted by atomic mass is 9.97. The molecule has 2 atom stereocenters. The number of halogens is 1. The Morgan fingerprint density at radius 3 is 2.25 bits per heavy atom. The van der Waals surface area contributed by atoms with E-state index in [0.717, 1.165) is 5.56 Å². The van der Waals surface area contributed by atoms with Crippen molar-refractivity contribution in [3.63, 3.8) is 0 Å². The number of carbonyl (C=O) groups is 2. The van der Waals surface area contributed by atoms with Crippen molar-refractivity contribution in [3.8, 4) is 11.1 Å². The molecule has 0 amide bonds. The van der Waals surface area contributed by atoms with Crippen LogP contribution in [-0.2, 0) is 19.1 Å². The Morgan fingerprint density at radius 2 is 1.67 bits per heavy atom. The minimum absolute atomic E-state index is 0.411. The van der Waals surface area contributed by atoms with Crippen molar-refractivity contribution < 1.29 is 23.5 Å². The van der Waals surface area contributed by atoms with Crippen molar-refractivity contribution in [1.29, 1.82) is 0 Å². The maximum Gasteiger partial charge on any atom is 0.316 e. The first-order chi connectivity index (χ1) is 11.4. The molecule has 2 rings (SSSR count). The molecule has 0 spiro atoms. The molecule has 1 unspecified atom stereocenters. The molecule has 0 aliphatic rings. The van der Waals surface area contributed by atoms with E-state index in [9.17, 15) is 14.0 Å². The largest absolute Gasteiger partial charge is 0.426 e. The predicted molar refractivity (Wildman–Crippen MR) is 87.6 cm³/mol. The lowest BCUT2D eigenvalue weighted by Crippen LogP contribution is -2.23. The zero-order valence-electron chi connectivity index (χ0n) is 13.8. The first kappa shape index (κ1) is 17.7. The molecule has 0 fully saturated rings. The summed E-state index contributed by atoms with van der Waals surface area (Å²) >= 11 is 0. The Hall–Kier alpha value is -2.69. The molecule has 0 saturated carbocycles. The van der Waals surface area contributed by atoms with Crippen LogP contribution in [0, 0.1) is 5.82 Å². The number of benzene rings is 2. The van der Waals surface area contributed by atoms with Crippen LogP contribution < -0.4 is 0 Å². The average Bonchev–Trinajstić information content (AvgIpc) is 2.54. The van der Waals surface area contributed by atoms with Crippen LogP contribution in [0.5, 0.6) is 0 Å². The lowest BCUT2D eigenvalue weighted by Gasteiger charge is -2.17. The van der Waals surface area contributed by atoms with E-state index in [-0.39, 0.29) is 0 Å². The van der Waals surface area contributed by atoms with Gasteiger partial charge < -0.3 is 9.47 Å². The summed E-state index contributed by atoms with van der Waals surface area (Å²) in [4.78, 5) is 22.9. The van der Waals surface area contributed by atoms with Gasteiger partial charge in [-0.2, -0.15) is 0 Å². The van der Waals surface area contributed by atoms with Crippen molar-refractivity contribution in [3.05, 3.63) is 59.9 Å². The number of hydrogen-bond donors (Lipinski definition) is 0.